The fraction of sp³-hybridized carbons (Fsp3) is 0.273. The molecular weight excluding hydrogens is 258 g/mol. The minimum atomic E-state index is -0.00902. The van der Waals surface area contributed by atoms with E-state index >= 15 is 0 Å². The van der Waals surface area contributed by atoms with Gasteiger partial charge in [0.05, 0.1) is 0 Å². The topological polar surface area (TPSA) is 53.2 Å². The van der Waals surface area contributed by atoms with Crippen LogP contribution in [0, 0.1) is 5.92 Å². The largest absolute Gasteiger partial charge is 0.331 e. The van der Waals surface area contributed by atoms with E-state index in [4.69, 9.17) is 23.8 Å². The molecule has 0 aliphatic heterocycles. The molecule has 0 radical (unpaired) electrons. The van der Waals surface area contributed by atoms with Crippen molar-refractivity contribution in [2.45, 2.75) is 12.8 Å². The molecule has 0 bridgehead atoms. The molecule has 6 heteroatoms. The molecule has 0 unspecified atom stereocenters. The van der Waals surface area contributed by atoms with Crippen LogP contribution in [0.4, 0.5) is 5.69 Å². The van der Waals surface area contributed by atoms with E-state index in [0.717, 1.165) is 18.5 Å². The zero-order valence-corrected chi connectivity index (χ0v) is 10.6. The third kappa shape index (κ3) is 3.87. The molecule has 3 N–H and O–H groups in total. The van der Waals surface area contributed by atoms with Crippen LogP contribution in [0.15, 0.2) is 24.3 Å². The molecule has 2 rings (SSSR count). The standard InChI is InChI=1S/C11H12ClN3OS/c12-8-3-5-9(6-4-8)13-11(17)15-14-10(16)7-1-2-7/h3-7H,1-2H2,(H,14,16)(H2,13,15,17). The van der Waals surface area contributed by atoms with Crippen LogP contribution in [0.1, 0.15) is 12.8 Å². The number of carbonyl (C=O) groups is 1. The van der Waals surface area contributed by atoms with Crippen molar-refractivity contribution in [2.24, 2.45) is 5.92 Å². The molecule has 1 aromatic rings. The first kappa shape index (κ1) is 12.1. The molecule has 0 atom stereocenters. The Bertz CT molecular complexity index is 431. The lowest BCUT2D eigenvalue weighted by atomic mass is 10.3. The van der Waals surface area contributed by atoms with Gasteiger partial charge in [-0.1, -0.05) is 11.6 Å². The average Bonchev–Trinajstić information content (AvgIpc) is 3.13. The smallest absolute Gasteiger partial charge is 0.241 e. The Balaban J connectivity index is 1.76. The number of halogens is 1. The highest BCUT2D eigenvalue weighted by Crippen LogP contribution is 2.28. The highest BCUT2D eigenvalue weighted by Gasteiger charge is 2.29. The van der Waals surface area contributed by atoms with E-state index in [2.05, 4.69) is 16.2 Å². The highest BCUT2D eigenvalue weighted by molar-refractivity contribution is 7.80. The molecule has 1 aliphatic rings. The maximum atomic E-state index is 11.3. The summed E-state index contributed by atoms with van der Waals surface area (Å²) in [5, 5.41) is 3.94. The quantitative estimate of drug-likeness (QED) is 0.568. The number of benzene rings is 1. The summed E-state index contributed by atoms with van der Waals surface area (Å²) in [5.74, 6) is 0.145. The van der Waals surface area contributed by atoms with Crippen molar-refractivity contribution >= 4 is 40.5 Å². The van der Waals surface area contributed by atoms with Crippen molar-refractivity contribution in [3.63, 3.8) is 0 Å². The SMILES string of the molecule is O=C(NNC(=S)Nc1ccc(Cl)cc1)C1CC1. The van der Waals surface area contributed by atoms with Crippen LogP contribution in [-0.2, 0) is 4.79 Å². The first-order valence-electron chi connectivity index (χ1n) is 5.27. The second-order valence-corrected chi connectivity index (χ2v) is 4.69. The second kappa shape index (κ2) is 5.33. The first-order chi connectivity index (χ1) is 8.15. The number of hydrazine groups is 1. The lowest BCUT2D eigenvalue weighted by Gasteiger charge is -2.11. The molecule has 4 nitrogen and oxygen atoms in total. The van der Waals surface area contributed by atoms with Crippen molar-refractivity contribution in [1.29, 1.82) is 0 Å². The summed E-state index contributed by atoms with van der Waals surface area (Å²) in [7, 11) is 0. The molecule has 1 aliphatic carbocycles. The molecule has 17 heavy (non-hydrogen) atoms. The number of amides is 1. The van der Waals surface area contributed by atoms with Gasteiger partial charge in [-0.2, -0.15) is 0 Å². The lowest BCUT2D eigenvalue weighted by Crippen LogP contribution is -2.44. The average molecular weight is 270 g/mol. The minimum Gasteiger partial charge on any atom is -0.331 e. The third-order valence-corrected chi connectivity index (χ3v) is 2.81. The molecular formula is C11H12ClN3OS. The van der Waals surface area contributed by atoms with Gasteiger partial charge >= 0.3 is 0 Å². The number of hydrogen-bond donors (Lipinski definition) is 3. The van der Waals surface area contributed by atoms with Gasteiger partial charge in [-0.05, 0) is 49.3 Å². The van der Waals surface area contributed by atoms with Gasteiger partial charge in [-0.3, -0.25) is 15.6 Å². The molecule has 0 saturated heterocycles. The van der Waals surface area contributed by atoms with Crippen LogP contribution in [0.3, 0.4) is 0 Å². The lowest BCUT2D eigenvalue weighted by molar-refractivity contribution is -0.122. The maximum absolute atomic E-state index is 11.3. The van der Waals surface area contributed by atoms with Crippen LogP contribution >= 0.6 is 23.8 Å². The summed E-state index contributed by atoms with van der Waals surface area (Å²) in [6.07, 6.45) is 1.93. The number of thiocarbonyl (C=S) groups is 1. The minimum absolute atomic E-state index is 0.00902. The van der Waals surface area contributed by atoms with E-state index in [9.17, 15) is 4.79 Å². The Hall–Kier alpha value is -1.33. The Morgan fingerprint density at radius 1 is 1.24 bits per heavy atom. The fourth-order valence-electron chi connectivity index (χ4n) is 1.26. The van der Waals surface area contributed by atoms with Crippen molar-refractivity contribution in [3.8, 4) is 0 Å². The van der Waals surface area contributed by atoms with Crippen LogP contribution in [0.25, 0.3) is 0 Å². The third-order valence-electron chi connectivity index (χ3n) is 2.35. The molecule has 90 valence electrons. The van der Waals surface area contributed by atoms with Crippen molar-refractivity contribution < 1.29 is 4.79 Å². The first-order valence-corrected chi connectivity index (χ1v) is 6.06. The number of carbonyl (C=O) groups excluding carboxylic acids is 1. The molecule has 0 heterocycles. The number of hydrogen-bond acceptors (Lipinski definition) is 2. The molecule has 1 aromatic carbocycles. The Kier molecular flexibility index (Phi) is 3.81. The summed E-state index contributed by atoms with van der Waals surface area (Å²) < 4.78 is 0. The zero-order valence-electron chi connectivity index (χ0n) is 9.00. The molecule has 1 fully saturated rings. The summed E-state index contributed by atoms with van der Waals surface area (Å²) >= 11 is 10.8. The van der Waals surface area contributed by atoms with E-state index in [1.54, 1.807) is 24.3 Å². The highest BCUT2D eigenvalue weighted by atomic mass is 35.5. The maximum Gasteiger partial charge on any atom is 0.241 e. The van der Waals surface area contributed by atoms with Crippen LogP contribution in [0.5, 0.6) is 0 Å². The number of rotatable bonds is 2. The summed E-state index contributed by atoms with van der Waals surface area (Å²) in [5.41, 5.74) is 6.02. The van der Waals surface area contributed by atoms with Gasteiger partial charge in [-0.15, -0.1) is 0 Å². The van der Waals surface area contributed by atoms with Crippen molar-refractivity contribution in [2.75, 3.05) is 5.32 Å². The van der Waals surface area contributed by atoms with Gasteiger partial charge in [-0.25, -0.2) is 0 Å². The zero-order chi connectivity index (χ0) is 12.3. The van der Waals surface area contributed by atoms with Gasteiger partial charge in [0, 0.05) is 16.6 Å². The monoisotopic (exact) mass is 269 g/mol. The number of nitrogens with one attached hydrogen (secondary N) is 3. The van der Waals surface area contributed by atoms with E-state index < -0.39 is 0 Å². The van der Waals surface area contributed by atoms with Gasteiger partial charge in [0.2, 0.25) is 5.91 Å². The van der Waals surface area contributed by atoms with Gasteiger partial charge < -0.3 is 5.32 Å². The fourth-order valence-corrected chi connectivity index (χ4v) is 1.56. The molecule has 1 saturated carbocycles. The predicted octanol–water partition coefficient (Wildman–Crippen LogP) is 2.07. The van der Waals surface area contributed by atoms with E-state index in [0.29, 0.717) is 10.1 Å². The predicted molar refractivity (Wildman–Crippen MR) is 71.7 cm³/mol. The van der Waals surface area contributed by atoms with E-state index in [1.165, 1.54) is 0 Å². The molecule has 1 amide bonds. The van der Waals surface area contributed by atoms with Crippen LogP contribution < -0.4 is 16.2 Å². The Morgan fingerprint density at radius 3 is 2.47 bits per heavy atom. The Morgan fingerprint density at radius 2 is 1.88 bits per heavy atom. The van der Waals surface area contributed by atoms with Crippen LogP contribution in [-0.4, -0.2) is 11.0 Å². The van der Waals surface area contributed by atoms with Crippen LogP contribution in [0.2, 0.25) is 5.02 Å². The van der Waals surface area contributed by atoms with Crippen molar-refractivity contribution in [3.05, 3.63) is 29.3 Å². The van der Waals surface area contributed by atoms with Crippen molar-refractivity contribution in [1.82, 2.24) is 10.9 Å². The van der Waals surface area contributed by atoms with E-state index in [-0.39, 0.29) is 11.8 Å². The van der Waals surface area contributed by atoms with Gasteiger partial charge in [0.1, 0.15) is 0 Å². The van der Waals surface area contributed by atoms with Gasteiger partial charge in [0.15, 0.2) is 5.11 Å². The normalized spacial score (nSPS) is 13.9. The summed E-state index contributed by atoms with van der Waals surface area (Å²) in [6, 6.07) is 7.13. The van der Waals surface area contributed by atoms with Gasteiger partial charge in [0.25, 0.3) is 0 Å². The molecule has 0 spiro atoms. The second-order valence-electron chi connectivity index (χ2n) is 3.85. The molecule has 0 aromatic heterocycles. The summed E-state index contributed by atoms with van der Waals surface area (Å²) in [4.78, 5) is 11.3. The number of anilines is 1. The van der Waals surface area contributed by atoms with E-state index in [1.807, 2.05) is 0 Å². The summed E-state index contributed by atoms with van der Waals surface area (Å²) in [6.45, 7) is 0. The Labute approximate surface area is 110 Å².